The van der Waals surface area contributed by atoms with Crippen molar-refractivity contribution >= 4 is 56.7 Å². The Hall–Kier alpha value is -3.88. The number of ether oxygens (including phenoxy) is 1. The van der Waals surface area contributed by atoms with Gasteiger partial charge in [0.2, 0.25) is 0 Å². The fourth-order valence-corrected chi connectivity index (χ4v) is 6.18. The summed E-state index contributed by atoms with van der Waals surface area (Å²) in [7, 11) is 1.00. The third-order valence-electron chi connectivity index (χ3n) is 8.11. The van der Waals surface area contributed by atoms with E-state index in [2.05, 4.69) is 18.1 Å². The Balaban J connectivity index is 0.00000106. The number of nitrogens with one attached hydrogen (secondary N) is 1. The third kappa shape index (κ3) is 4.58. The minimum atomic E-state index is -1.54. The molecule has 12 nitrogen and oxygen atoms in total. The maximum absolute atomic E-state index is 14.0. The molecule has 0 aliphatic carbocycles. The van der Waals surface area contributed by atoms with Crippen molar-refractivity contribution < 1.29 is 45.0 Å². The van der Waals surface area contributed by atoms with Gasteiger partial charge in [0.25, 0.3) is 11.8 Å². The molecule has 0 bridgehead atoms. The quantitative estimate of drug-likeness (QED) is 0.161. The molecule has 2 aliphatic heterocycles. The van der Waals surface area contributed by atoms with E-state index in [0.29, 0.717) is 44.0 Å². The number of para-hydroxylation sites is 1. The monoisotopic (exact) mass is 609 g/mol. The number of nitrogens with zero attached hydrogens (tertiary/aromatic N) is 2. The SMILES string of the molecule is C=Cc1[nH]c2c(c1C=C)c1c(c3c4ccccc4n(C4OC(C)C(O)C(O)C4O)c23)C(=O)N(C(CO)CO)C1=O.CC.CO. The molecule has 0 spiro atoms. The highest BCUT2D eigenvalue weighted by Crippen LogP contribution is 2.47. The molecule has 1 saturated heterocycles. The summed E-state index contributed by atoms with van der Waals surface area (Å²) >= 11 is 0. The lowest BCUT2D eigenvalue weighted by atomic mass is 9.95. The smallest absolute Gasteiger partial charge is 0.262 e. The first-order valence-corrected chi connectivity index (χ1v) is 14.3. The van der Waals surface area contributed by atoms with Gasteiger partial charge in [0.1, 0.15) is 18.3 Å². The number of aliphatic hydroxyl groups is 6. The fraction of sp³-hybridized carbons (Fsp3) is 0.375. The Morgan fingerprint density at radius 3 is 2.09 bits per heavy atom. The Morgan fingerprint density at radius 2 is 1.52 bits per heavy atom. The number of imide groups is 1. The van der Waals surface area contributed by atoms with Crippen molar-refractivity contribution in [3.63, 3.8) is 0 Å². The zero-order valence-electron chi connectivity index (χ0n) is 25.1. The van der Waals surface area contributed by atoms with Crippen LogP contribution in [0.15, 0.2) is 37.4 Å². The number of rotatable bonds is 6. The zero-order chi connectivity index (χ0) is 32.6. The number of carbonyl (C=O) groups is 2. The standard InChI is InChI=1S/C29H29N3O8.C2H6.CH4O/c1-4-14-16(5-2)30-22-18(14)20-21(28(39)31(27(20)38)13(10-33)11-34)19-15-8-6-7-9-17(15)32(23(19)22)29-26(37)25(36)24(35)12(3)40-29;2*1-2/h4-9,12-13,24-26,29-30,33-37H,1-2,10-11H2,3H3;1-2H3;2H,1H3. The maximum atomic E-state index is 14.0. The molecule has 4 heterocycles. The highest BCUT2D eigenvalue weighted by Gasteiger charge is 2.47. The van der Waals surface area contributed by atoms with Crippen molar-refractivity contribution in [3.8, 4) is 0 Å². The second kappa shape index (κ2) is 13.0. The molecule has 2 aliphatic rings. The van der Waals surface area contributed by atoms with Gasteiger partial charge in [-0.15, -0.1) is 0 Å². The van der Waals surface area contributed by atoms with E-state index in [4.69, 9.17) is 9.84 Å². The van der Waals surface area contributed by atoms with Gasteiger partial charge in [-0.25, -0.2) is 0 Å². The summed E-state index contributed by atoms with van der Waals surface area (Å²) in [5, 5.41) is 60.3. The summed E-state index contributed by atoms with van der Waals surface area (Å²) in [6.45, 7) is 12.1. The number of hydrogen-bond acceptors (Lipinski definition) is 9. The van der Waals surface area contributed by atoms with Crippen LogP contribution >= 0.6 is 0 Å². The number of carbonyl (C=O) groups excluding carboxylic acids is 2. The van der Waals surface area contributed by atoms with Crippen LogP contribution in [0.3, 0.4) is 0 Å². The predicted molar refractivity (Wildman–Crippen MR) is 167 cm³/mol. The second-order valence-corrected chi connectivity index (χ2v) is 10.2. The predicted octanol–water partition coefficient (Wildman–Crippen LogP) is 2.15. The lowest BCUT2D eigenvalue weighted by Crippen LogP contribution is -2.54. The summed E-state index contributed by atoms with van der Waals surface area (Å²) in [6.07, 6.45) is -3.29. The van der Waals surface area contributed by atoms with E-state index < -0.39 is 61.7 Å². The van der Waals surface area contributed by atoms with Gasteiger partial charge >= 0.3 is 0 Å². The Labute approximate surface area is 253 Å². The van der Waals surface area contributed by atoms with Crippen molar-refractivity contribution in [2.45, 2.75) is 57.5 Å². The fourth-order valence-electron chi connectivity index (χ4n) is 6.18. The van der Waals surface area contributed by atoms with Gasteiger partial charge in [0.15, 0.2) is 6.23 Å². The van der Waals surface area contributed by atoms with Gasteiger partial charge in [-0.3, -0.25) is 14.5 Å². The van der Waals surface area contributed by atoms with Crippen LogP contribution in [0.1, 0.15) is 59.0 Å². The molecule has 4 aromatic rings. The highest BCUT2D eigenvalue weighted by molar-refractivity contribution is 6.37. The Bertz CT molecular complexity index is 1740. The molecule has 5 atom stereocenters. The first kappa shape index (κ1) is 33.0. The molecule has 0 saturated carbocycles. The van der Waals surface area contributed by atoms with Crippen molar-refractivity contribution in [2.75, 3.05) is 20.3 Å². The van der Waals surface area contributed by atoms with E-state index in [-0.39, 0.29) is 11.1 Å². The van der Waals surface area contributed by atoms with Crippen LogP contribution < -0.4 is 0 Å². The zero-order valence-corrected chi connectivity index (χ0v) is 25.1. The van der Waals surface area contributed by atoms with E-state index in [1.165, 1.54) is 0 Å². The number of amides is 2. The van der Waals surface area contributed by atoms with Gasteiger partial charge < -0.3 is 44.9 Å². The largest absolute Gasteiger partial charge is 0.400 e. The van der Waals surface area contributed by atoms with Gasteiger partial charge in [-0.2, -0.15) is 0 Å². The Kier molecular flexibility index (Phi) is 9.76. The van der Waals surface area contributed by atoms with Crippen LogP contribution in [0.2, 0.25) is 0 Å². The van der Waals surface area contributed by atoms with E-state index in [9.17, 15) is 35.1 Å². The molecule has 1 fully saturated rings. The first-order valence-electron chi connectivity index (χ1n) is 14.3. The lowest BCUT2D eigenvalue weighted by Gasteiger charge is -2.40. The average molecular weight is 610 g/mol. The van der Waals surface area contributed by atoms with Gasteiger partial charge in [0.05, 0.1) is 53.0 Å². The van der Waals surface area contributed by atoms with Gasteiger partial charge in [-0.05, 0) is 19.1 Å². The number of aromatic amines is 1. The summed E-state index contributed by atoms with van der Waals surface area (Å²) in [4.78, 5) is 32.1. The molecule has 0 radical (unpaired) electrons. The van der Waals surface area contributed by atoms with Gasteiger partial charge in [-0.1, -0.05) is 51.3 Å². The maximum Gasteiger partial charge on any atom is 0.262 e. The molecule has 7 N–H and O–H groups in total. The normalized spacial score (nSPS) is 23.1. The molecule has 236 valence electrons. The van der Waals surface area contributed by atoms with Crippen molar-refractivity contribution in [3.05, 3.63) is 59.8 Å². The topological polar surface area (TPSA) is 189 Å². The van der Waals surface area contributed by atoms with Crippen LogP contribution in [0.5, 0.6) is 0 Å². The van der Waals surface area contributed by atoms with E-state index >= 15 is 0 Å². The van der Waals surface area contributed by atoms with Crippen LogP contribution in [0.25, 0.3) is 44.9 Å². The van der Waals surface area contributed by atoms with Crippen molar-refractivity contribution in [1.29, 1.82) is 0 Å². The highest BCUT2D eigenvalue weighted by atomic mass is 16.5. The van der Waals surface area contributed by atoms with E-state index in [0.717, 1.165) is 12.0 Å². The lowest BCUT2D eigenvalue weighted by molar-refractivity contribution is -0.238. The van der Waals surface area contributed by atoms with Crippen LogP contribution in [-0.2, 0) is 4.74 Å². The van der Waals surface area contributed by atoms with Crippen molar-refractivity contribution in [1.82, 2.24) is 14.5 Å². The minimum absolute atomic E-state index is 0.0750. The summed E-state index contributed by atoms with van der Waals surface area (Å²) in [5.41, 5.74) is 2.61. The van der Waals surface area contributed by atoms with Crippen LogP contribution in [0, 0.1) is 0 Å². The number of H-pyrrole nitrogens is 1. The summed E-state index contributed by atoms with van der Waals surface area (Å²) in [5.74, 6) is -1.36. The molecular formula is C32H39N3O9. The summed E-state index contributed by atoms with van der Waals surface area (Å²) < 4.78 is 7.72. The minimum Gasteiger partial charge on any atom is -0.400 e. The first-order chi connectivity index (χ1) is 21.2. The molecule has 2 aromatic heterocycles. The van der Waals surface area contributed by atoms with E-state index in [1.54, 1.807) is 47.9 Å². The Morgan fingerprint density at radius 1 is 0.932 bits per heavy atom. The number of fused-ring (bicyclic) bond motifs is 8. The number of benzene rings is 2. The number of aliphatic hydroxyl groups excluding tert-OH is 6. The third-order valence-corrected chi connectivity index (χ3v) is 8.11. The number of aromatic nitrogens is 2. The average Bonchev–Trinajstić information content (AvgIpc) is 3.68. The summed E-state index contributed by atoms with van der Waals surface area (Å²) in [6, 6.07) is 5.92. The van der Waals surface area contributed by atoms with E-state index in [1.807, 2.05) is 13.8 Å². The van der Waals surface area contributed by atoms with Crippen molar-refractivity contribution in [2.24, 2.45) is 0 Å². The van der Waals surface area contributed by atoms with Crippen LogP contribution in [-0.4, -0.2) is 108 Å². The van der Waals surface area contributed by atoms with Crippen LogP contribution in [0.4, 0.5) is 0 Å². The molecular weight excluding hydrogens is 570 g/mol. The molecule has 2 amide bonds. The second-order valence-electron chi connectivity index (χ2n) is 10.2. The van der Waals surface area contributed by atoms with Gasteiger partial charge in [0, 0.05) is 34.5 Å². The molecule has 5 unspecified atom stereocenters. The molecule has 2 aromatic carbocycles. The molecule has 6 rings (SSSR count). The number of hydrogen-bond donors (Lipinski definition) is 7. The molecule has 12 heteroatoms. The molecule has 44 heavy (non-hydrogen) atoms.